The lowest BCUT2D eigenvalue weighted by Crippen LogP contribution is -1.78. The predicted molar refractivity (Wildman–Crippen MR) is 44.5 cm³/mol. The van der Waals surface area contributed by atoms with Crippen molar-refractivity contribution in [3.05, 3.63) is 30.3 Å². The number of para-hydroxylation sites is 1. The van der Waals surface area contributed by atoms with Gasteiger partial charge in [-0.25, -0.2) is 0 Å². The second kappa shape index (κ2) is 2.66. The van der Waals surface area contributed by atoms with Gasteiger partial charge in [0.05, 0.1) is 0 Å². The zero-order chi connectivity index (χ0) is 8.43. The molecule has 0 saturated heterocycles. The van der Waals surface area contributed by atoms with Crippen LogP contribution < -0.4 is 0 Å². The lowest BCUT2D eigenvalue weighted by atomic mass is 10.1. The monoisotopic (exact) mass is 150 g/mol. The highest BCUT2D eigenvalue weighted by Crippen LogP contribution is 2.31. The second-order valence-corrected chi connectivity index (χ2v) is 2.45. The highest BCUT2D eigenvalue weighted by atomic mass is 16.3. The normalized spacial score (nSPS) is 9.55. The molecule has 1 aromatic rings. The number of hydrogen-bond acceptors (Lipinski definition) is 2. The summed E-state index contributed by atoms with van der Waals surface area (Å²) < 4.78 is 0. The van der Waals surface area contributed by atoms with Crippen LogP contribution in [0.1, 0.15) is 12.5 Å². The van der Waals surface area contributed by atoms with Crippen molar-refractivity contribution in [1.29, 1.82) is 0 Å². The molecule has 1 aromatic carbocycles. The van der Waals surface area contributed by atoms with Crippen molar-refractivity contribution in [2.24, 2.45) is 0 Å². The molecule has 0 fully saturated rings. The topological polar surface area (TPSA) is 40.5 Å². The number of rotatable bonds is 1. The van der Waals surface area contributed by atoms with Gasteiger partial charge in [-0.05, 0) is 18.6 Å². The molecule has 0 unspecified atom stereocenters. The minimum atomic E-state index is -0.106. The molecule has 1 rings (SSSR count). The number of aromatic hydroxyl groups is 2. The summed E-state index contributed by atoms with van der Waals surface area (Å²) in [6.45, 7) is 5.43. The van der Waals surface area contributed by atoms with E-state index in [1.54, 1.807) is 19.1 Å². The molecular formula is C9H10O2. The Balaban J connectivity index is 3.27. The quantitative estimate of drug-likeness (QED) is 0.602. The maximum absolute atomic E-state index is 9.26. The van der Waals surface area contributed by atoms with E-state index in [1.807, 2.05) is 0 Å². The molecule has 2 N–H and O–H groups in total. The first-order valence-corrected chi connectivity index (χ1v) is 3.29. The zero-order valence-electron chi connectivity index (χ0n) is 6.33. The van der Waals surface area contributed by atoms with Crippen LogP contribution in [-0.2, 0) is 0 Å². The van der Waals surface area contributed by atoms with Gasteiger partial charge in [0, 0.05) is 5.56 Å². The van der Waals surface area contributed by atoms with Crippen molar-refractivity contribution in [3.63, 3.8) is 0 Å². The van der Waals surface area contributed by atoms with Crippen LogP contribution in [0, 0.1) is 0 Å². The molecule has 11 heavy (non-hydrogen) atoms. The van der Waals surface area contributed by atoms with Crippen molar-refractivity contribution in [3.8, 4) is 11.5 Å². The van der Waals surface area contributed by atoms with Gasteiger partial charge in [-0.1, -0.05) is 18.7 Å². The molecular weight excluding hydrogens is 140 g/mol. The second-order valence-electron chi connectivity index (χ2n) is 2.45. The van der Waals surface area contributed by atoms with Crippen LogP contribution in [0.4, 0.5) is 0 Å². The summed E-state index contributed by atoms with van der Waals surface area (Å²) in [5.74, 6) is -0.203. The van der Waals surface area contributed by atoms with Crippen LogP contribution in [0.2, 0.25) is 0 Å². The van der Waals surface area contributed by atoms with Crippen molar-refractivity contribution in [2.75, 3.05) is 0 Å². The third-order valence-electron chi connectivity index (χ3n) is 1.47. The molecule has 0 aromatic heterocycles. The van der Waals surface area contributed by atoms with Gasteiger partial charge in [0.15, 0.2) is 11.5 Å². The van der Waals surface area contributed by atoms with Crippen molar-refractivity contribution in [1.82, 2.24) is 0 Å². The van der Waals surface area contributed by atoms with Crippen LogP contribution in [0.5, 0.6) is 11.5 Å². The van der Waals surface area contributed by atoms with Crippen LogP contribution in [-0.4, -0.2) is 10.2 Å². The van der Waals surface area contributed by atoms with Crippen LogP contribution in [0.3, 0.4) is 0 Å². The Morgan fingerprint density at radius 3 is 2.45 bits per heavy atom. The Morgan fingerprint density at radius 1 is 1.36 bits per heavy atom. The summed E-state index contributed by atoms with van der Waals surface area (Å²) in [5.41, 5.74) is 1.32. The molecule has 2 heteroatoms. The summed E-state index contributed by atoms with van der Waals surface area (Å²) in [5, 5.41) is 18.3. The lowest BCUT2D eigenvalue weighted by Gasteiger charge is -2.03. The predicted octanol–water partition coefficient (Wildman–Crippen LogP) is 2.13. The molecule has 2 nitrogen and oxygen atoms in total. The van der Waals surface area contributed by atoms with Gasteiger partial charge in [0.25, 0.3) is 0 Å². The Morgan fingerprint density at radius 2 is 2.00 bits per heavy atom. The average Bonchev–Trinajstić information content (AvgIpc) is 1.94. The molecule has 58 valence electrons. The van der Waals surface area contributed by atoms with Gasteiger partial charge in [-0.15, -0.1) is 0 Å². The molecule has 0 atom stereocenters. The van der Waals surface area contributed by atoms with Crippen LogP contribution >= 0.6 is 0 Å². The van der Waals surface area contributed by atoms with Crippen molar-refractivity contribution in [2.45, 2.75) is 6.92 Å². The summed E-state index contributed by atoms with van der Waals surface area (Å²) >= 11 is 0. The zero-order valence-corrected chi connectivity index (χ0v) is 6.33. The Labute approximate surface area is 65.4 Å². The molecule has 0 aliphatic heterocycles. The van der Waals surface area contributed by atoms with Crippen LogP contribution in [0.15, 0.2) is 24.8 Å². The van der Waals surface area contributed by atoms with E-state index in [0.29, 0.717) is 5.56 Å². The molecule has 0 saturated carbocycles. The maximum Gasteiger partial charge on any atom is 0.165 e. The van der Waals surface area contributed by atoms with Crippen molar-refractivity contribution < 1.29 is 10.2 Å². The average molecular weight is 150 g/mol. The van der Waals surface area contributed by atoms with Gasteiger partial charge in [0.2, 0.25) is 0 Å². The molecule has 0 bridgehead atoms. The SMILES string of the molecule is C=C(C)c1cccc(O)c1O. The van der Waals surface area contributed by atoms with Gasteiger partial charge >= 0.3 is 0 Å². The molecule has 0 heterocycles. The Hall–Kier alpha value is -1.44. The number of benzene rings is 1. The van der Waals surface area contributed by atoms with E-state index in [9.17, 15) is 5.11 Å². The number of hydrogen-bond donors (Lipinski definition) is 2. The van der Waals surface area contributed by atoms with Crippen LogP contribution in [0.25, 0.3) is 5.57 Å². The first kappa shape index (κ1) is 7.66. The third kappa shape index (κ3) is 1.34. The molecule has 0 aliphatic carbocycles. The summed E-state index contributed by atoms with van der Waals surface area (Å²) in [7, 11) is 0. The third-order valence-corrected chi connectivity index (χ3v) is 1.47. The van der Waals surface area contributed by atoms with E-state index in [2.05, 4.69) is 6.58 Å². The molecule has 0 aliphatic rings. The van der Waals surface area contributed by atoms with E-state index >= 15 is 0 Å². The number of allylic oxidation sites excluding steroid dienone is 1. The van der Waals surface area contributed by atoms with E-state index in [0.717, 1.165) is 5.57 Å². The van der Waals surface area contributed by atoms with E-state index in [-0.39, 0.29) is 11.5 Å². The molecule has 0 radical (unpaired) electrons. The molecule has 0 spiro atoms. The first-order chi connectivity index (χ1) is 5.13. The summed E-state index contributed by atoms with van der Waals surface area (Å²) in [6.07, 6.45) is 0. The van der Waals surface area contributed by atoms with Gasteiger partial charge in [0.1, 0.15) is 0 Å². The smallest absolute Gasteiger partial charge is 0.165 e. The minimum Gasteiger partial charge on any atom is -0.504 e. The number of phenols is 2. The highest BCUT2D eigenvalue weighted by Gasteiger charge is 2.04. The van der Waals surface area contributed by atoms with E-state index < -0.39 is 0 Å². The van der Waals surface area contributed by atoms with Crippen molar-refractivity contribution >= 4 is 5.57 Å². The Kier molecular flexibility index (Phi) is 1.85. The summed E-state index contributed by atoms with van der Waals surface area (Å²) in [6, 6.07) is 4.80. The van der Waals surface area contributed by atoms with E-state index in [1.165, 1.54) is 6.07 Å². The standard InChI is InChI=1S/C9H10O2/c1-6(2)7-4-3-5-8(10)9(7)11/h3-5,10-11H,1H2,2H3. The highest BCUT2D eigenvalue weighted by molar-refractivity contribution is 5.69. The fraction of sp³-hybridized carbons (Fsp3) is 0.111. The van der Waals surface area contributed by atoms with Gasteiger partial charge in [-0.3, -0.25) is 0 Å². The van der Waals surface area contributed by atoms with Gasteiger partial charge in [-0.2, -0.15) is 0 Å². The first-order valence-electron chi connectivity index (χ1n) is 3.29. The number of phenolic OH excluding ortho intramolecular Hbond substituents is 2. The molecule has 0 amide bonds. The van der Waals surface area contributed by atoms with E-state index in [4.69, 9.17) is 5.11 Å². The largest absolute Gasteiger partial charge is 0.504 e. The maximum atomic E-state index is 9.26. The fourth-order valence-corrected chi connectivity index (χ4v) is 0.876. The van der Waals surface area contributed by atoms with Gasteiger partial charge < -0.3 is 10.2 Å². The summed E-state index contributed by atoms with van der Waals surface area (Å²) in [4.78, 5) is 0. The lowest BCUT2D eigenvalue weighted by molar-refractivity contribution is 0.402. The minimum absolute atomic E-state index is 0.0972. The fourth-order valence-electron chi connectivity index (χ4n) is 0.876. The Bertz CT molecular complexity index is 290.